The molecule has 24 heavy (non-hydrogen) atoms. The third-order valence-electron chi connectivity index (χ3n) is 4.10. The van der Waals surface area contributed by atoms with Gasteiger partial charge in [0.05, 0.1) is 10.7 Å². The lowest BCUT2D eigenvalue weighted by molar-refractivity contribution is 0.615. The van der Waals surface area contributed by atoms with Crippen LogP contribution in [0.5, 0.6) is 0 Å². The molecule has 1 aromatic rings. The summed E-state index contributed by atoms with van der Waals surface area (Å²) in [6.45, 7) is 8.19. The molecule has 7 heteroatoms. The highest BCUT2D eigenvalue weighted by molar-refractivity contribution is 14.0. The predicted molar refractivity (Wildman–Crippen MR) is 119 cm³/mol. The molecule has 0 aromatic carbocycles. The second kappa shape index (κ2) is 11.6. The number of hydrogen-bond donors (Lipinski definition) is 2. The molecule has 1 aliphatic rings. The molecule has 2 atom stereocenters. The maximum Gasteiger partial charge on any atom is 0.191 e. The highest BCUT2D eigenvalue weighted by Gasteiger charge is 2.24. The smallest absolute Gasteiger partial charge is 0.191 e. The normalized spacial score (nSPS) is 21.0. The van der Waals surface area contributed by atoms with E-state index >= 15 is 0 Å². The maximum atomic E-state index is 4.73. The van der Waals surface area contributed by atoms with E-state index in [0.717, 1.165) is 30.7 Å². The molecule has 0 radical (unpaired) electrons. The number of hydrogen-bond acceptors (Lipinski definition) is 4. The molecule has 1 aromatic heterocycles. The molecule has 0 bridgehead atoms. The van der Waals surface area contributed by atoms with E-state index in [-0.39, 0.29) is 24.0 Å². The van der Waals surface area contributed by atoms with Gasteiger partial charge in [-0.05, 0) is 32.4 Å². The van der Waals surface area contributed by atoms with Gasteiger partial charge in [-0.1, -0.05) is 13.8 Å². The summed E-state index contributed by atoms with van der Waals surface area (Å²) >= 11 is 3.75. The topological polar surface area (TPSA) is 49.3 Å². The van der Waals surface area contributed by atoms with Crippen molar-refractivity contribution < 1.29 is 0 Å². The average Bonchev–Trinajstić information content (AvgIpc) is 3.16. The Hall–Kier alpha value is -0.0200. The zero-order valence-electron chi connectivity index (χ0n) is 15.2. The summed E-state index contributed by atoms with van der Waals surface area (Å²) in [5.41, 5.74) is 1.17. The lowest BCUT2D eigenvalue weighted by atomic mass is 10.2. The van der Waals surface area contributed by atoms with Gasteiger partial charge < -0.3 is 10.6 Å². The van der Waals surface area contributed by atoms with E-state index < -0.39 is 0 Å². The summed E-state index contributed by atoms with van der Waals surface area (Å²) in [5, 5.41) is 11.2. The molecule has 0 aliphatic heterocycles. The van der Waals surface area contributed by atoms with Crippen molar-refractivity contribution in [2.24, 2.45) is 4.99 Å². The first-order chi connectivity index (χ1) is 11.1. The van der Waals surface area contributed by atoms with Gasteiger partial charge in [-0.15, -0.1) is 35.3 Å². The van der Waals surface area contributed by atoms with Crippen LogP contribution in [0, 0.1) is 0 Å². The van der Waals surface area contributed by atoms with Crippen LogP contribution in [0.2, 0.25) is 0 Å². The minimum Gasteiger partial charge on any atom is -0.357 e. The predicted octanol–water partition coefficient (Wildman–Crippen LogP) is 4.27. The first-order valence-corrected chi connectivity index (χ1v) is 10.8. The molecule has 2 rings (SSSR count). The molecule has 1 saturated carbocycles. The SMILES string of the molecule is CCNC(=NCCc1csc(C(C)C)n1)NC1CCC(SC)C1.I. The van der Waals surface area contributed by atoms with Gasteiger partial charge in [-0.3, -0.25) is 4.99 Å². The number of nitrogens with one attached hydrogen (secondary N) is 2. The Kier molecular flexibility index (Phi) is 10.6. The summed E-state index contributed by atoms with van der Waals surface area (Å²) in [7, 11) is 0. The Morgan fingerprint density at radius 3 is 2.83 bits per heavy atom. The Balaban J connectivity index is 0.00000288. The number of guanidine groups is 1. The van der Waals surface area contributed by atoms with Crippen LogP contribution in [0.1, 0.15) is 56.7 Å². The Bertz CT molecular complexity index is 505. The first kappa shape index (κ1) is 22.0. The van der Waals surface area contributed by atoms with E-state index in [9.17, 15) is 0 Å². The van der Waals surface area contributed by atoms with Crippen LogP contribution in [0.3, 0.4) is 0 Å². The zero-order chi connectivity index (χ0) is 16.7. The molecule has 1 aliphatic carbocycles. The van der Waals surface area contributed by atoms with Gasteiger partial charge in [0.15, 0.2) is 5.96 Å². The van der Waals surface area contributed by atoms with Crippen LogP contribution in [-0.2, 0) is 6.42 Å². The van der Waals surface area contributed by atoms with Crippen molar-refractivity contribution in [3.63, 3.8) is 0 Å². The lowest BCUT2D eigenvalue weighted by Gasteiger charge is -2.17. The summed E-state index contributed by atoms with van der Waals surface area (Å²) in [6.07, 6.45) is 6.94. The zero-order valence-corrected chi connectivity index (χ0v) is 19.1. The maximum absolute atomic E-state index is 4.73. The van der Waals surface area contributed by atoms with Crippen LogP contribution in [0.15, 0.2) is 10.4 Å². The molecule has 0 spiro atoms. The molecule has 138 valence electrons. The lowest BCUT2D eigenvalue weighted by Crippen LogP contribution is -2.42. The van der Waals surface area contributed by atoms with Crippen LogP contribution < -0.4 is 10.6 Å². The van der Waals surface area contributed by atoms with Crippen molar-refractivity contribution >= 4 is 53.0 Å². The van der Waals surface area contributed by atoms with Crippen LogP contribution in [0.4, 0.5) is 0 Å². The second-order valence-corrected chi connectivity index (χ2v) is 8.38. The summed E-state index contributed by atoms with van der Waals surface area (Å²) in [4.78, 5) is 9.41. The van der Waals surface area contributed by atoms with Crippen molar-refractivity contribution in [2.75, 3.05) is 19.3 Å². The number of rotatable bonds is 7. The third kappa shape index (κ3) is 7.07. The average molecular weight is 483 g/mol. The standard InChI is InChI=1S/C17H30N4S2.HI/c1-5-18-17(21-13-6-7-15(10-13)22-4)19-9-8-14-11-23-16(20-14)12(2)3;/h11-13,15H,5-10H2,1-4H3,(H2,18,19,21);1H. The fourth-order valence-corrected chi connectivity index (χ4v) is 4.45. The Morgan fingerprint density at radius 1 is 1.46 bits per heavy atom. The van der Waals surface area contributed by atoms with E-state index in [4.69, 9.17) is 4.99 Å². The van der Waals surface area contributed by atoms with Crippen LogP contribution in [-0.4, -0.2) is 41.6 Å². The number of halogens is 1. The molecule has 0 saturated heterocycles. The second-order valence-electron chi connectivity index (χ2n) is 6.35. The van der Waals surface area contributed by atoms with E-state index in [1.807, 2.05) is 11.8 Å². The molecular formula is C17H31IN4S2. The molecule has 1 heterocycles. The van der Waals surface area contributed by atoms with Crippen LogP contribution in [0.25, 0.3) is 0 Å². The van der Waals surface area contributed by atoms with Gasteiger partial charge in [0.1, 0.15) is 0 Å². The van der Waals surface area contributed by atoms with Gasteiger partial charge in [0.25, 0.3) is 0 Å². The number of aromatic nitrogens is 1. The van der Waals surface area contributed by atoms with Crippen LogP contribution >= 0.6 is 47.1 Å². The van der Waals surface area contributed by atoms with Gasteiger partial charge >= 0.3 is 0 Å². The third-order valence-corrected chi connectivity index (χ3v) is 6.39. The van der Waals surface area contributed by atoms with Crippen molar-refractivity contribution in [1.82, 2.24) is 15.6 Å². The molecular weight excluding hydrogens is 451 g/mol. The first-order valence-electron chi connectivity index (χ1n) is 8.64. The Morgan fingerprint density at radius 2 is 2.25 bits per heavy atom. The number of nitrogens with zero attached hydrogens (tertiary/aromatic N) is 2. The molecule has 4 nitrogen and oxygen atoms in total. The van der Waals surface area contributed by atoms with E-state index in [1.165, 1.54) is 30.0 Å². The highest BCUT2D eigenvalue weighted by Crippen LogP contribution is 2.28. The van der Waals surface area contributed by atoms with E-state index in [1.54, 1.807) is 11.3 Å². The van der Waals surface area contributed by atoms with Crippen molar-refractivity contribution in [3.8, 4) is 0 Å². The quantitative estimate of drug-likeness (QED) is 0.346. The van der Waals surface area contributed by atoms with E-state index in [0.29, 0.717) is 12.0 Å². The minimum absolute atomic E-state index is 0. The van der Waals surface area contributed by atoms with Gasteiger partial charge in [-0.2, -0.15) is 11.8 Å². The number of aliphatic imine (C=N–C) groups is 1. The molecule has 1 fully saturated rings. The molecule has 0 amide bonds. The number of thiazole rings is 1. The largest absolute Gasteiger partial charge is 0.357 e. The summed E-state index contributed by atoms with van der Waals surface area (Å²) < 4.78 is 0. The monoisotopic (exact) mass is 482 g/mol. The fraction of sp³-hybridized carbons (Fsp3) is 0.765. The summed E-state index contributed by atoms with van der Waals surface area (Å²) in [5.74, 6) is 1.47. The van der Waals surface area contributed by atoms with Crippen molar-refractivity contribution in [3.05, 3.63) is 16.1 Å². The minimum atomic E-state index is 0. The molecule has 2 unspecified atom stereocenters. The molecule has 2 N–H and O–H groups in total. The highest BCUT2D eigenvalue weighted by atomic mass is 127. The van der Waals surface area contributed by atoms with Gasteiger partial charge in [0, 0.05) is 42.1 Å². The number of thioether (sulfide) groups is 1. The van der Waals surface area contributed by atoms with Gasteiger partial charge in [0.2, 0.25) is 0 Å². The Labute approximate surface area is 172 Å². The van der Waals surface area contributed by atoms with Crippen molar-refractivity contribution in [1.29, 1.82) is 0 Å². The van der Waals surface area contributed by atoms with Crippen molar-refractivity contribution in [2.45, 2.75) is 63.7 Å². The fourth-order valence-electron chi connectivity index (χ4n) is 2.78. The summed E-state index contributed by atoms with van der Waals surface area (Å²) in [6, 6.07) is 0.567. The van der Waals surface area contributed by atoms with Gasteiger partial charge in [-0.25, -0.2) is 4.98 Å². The van der Waals surface area contributed by atoms with E-state index in [2.05, 4.69) is 48.0 Å².